The zero-order valence-corrected chi connectivity index (χ0v) is 14.4. The standard InChI is InChI=1S/C16H23N3O5/c1-16(2,3)24-15(20)18-8-7-17-10-13(18)12-6-5-11(19(21)22)9-14(12)23-4/h5-6,9,13,17H,7-8,10H2,1-4H3. The number of methoxy groups -OCH3 is 1. The van der Waals surface area contributed by atoms with Crippen LogP contribution >= 0.6 is 0 Å². The van der Waals surface area contributed by atoms with E-state index in [2.05, 4.69) is 5.32 Å². The second-order valence-corrected chi connectivity index (χ2v) is 6.58. The summed E-state index contributed by atoms with van der Waals surface area (Å²) in [4.78, 5) is 24.6. The van der Waals surface area contributed by atoms with Crippen molar-refractivity contribution in [3.8, 4) is 5.75 Å². The number of nitro benzene ring substituents is 1. The van der Waals surface area contributed by atoms with Crippen LogP contribution in [0.25, 0.3) is 0 Å². The minimum absolute atomic E-state index is 0.0526. The van der Waals surface area contributed by atoms with Crippen molar-refractivity contribution in [1.29, 1.82) is 0 Å². The molecular formula is C16H23N3O5. The molecule has 0 saturated carbocycles. The van der Waals surface area contributed by atoms with E-state index < -0.39 is 16.6 Å². The van der Waals surface area contributed by atoms with Crippen molar-refractivity contribution in [3.05, 3.63) is 33.9 Å². The molecule has 132 valence electrons. The third-order valence-electron chi connectivity index (χ3n) is 3.66. The molecule has 1 aromatic rings. The molecule has 0 bridgehead atoms. The highest BCUT2D eigenvalue weighted by Crippen LogP contribution is 2.34. The van der Waals surface area contributed by atoms with Gasteiger partial charge in [0.25, 0.3) is 5.69 Å². The molecule has 1 N–H and O–H groups in total. The normalized spacial score (nSPS) is 18.2. The molecule has 1 heterocycles. The summed E-state index contributed by atoms with van der Waals surface area (Å²) in [6.07, 6.45) is -0.408. The SMILES string of the molecule is COc1cc([N+](=O)[O-])ccc1C1CNCCN1C(=O)OC(C)(C)C. The molecule has 1 atom stereocenters. The predicted molar refractivity (Wildman–Crippen MR) is 88.2 cm³/mol. The molecule has 8 nitrogen and oxygen atoms in total. The molecule has 1 saturated heterocycles. The fourth-order valence-corrected chi connectivity index (χ4v) is 2.61. The molecular weight excluding hydrogens is 314 g/mol. The Bertz CT molecular complexity index is 627. The van der Waals surface area contributed by atoms with E-state index in [-0.39, 0.29) is 11.7 Å². The number of benzene rings is 1. The molecule has 0 aliphatic carbocycles. The number of carbonyl (C=O) groups is 1. The smallest absolute Gasteiger partial charge is 0.410 e. The lowest BCUT2D eigenvalue weighted by atomic mass is 10.0. The van der Waals surface area contributed by atoms with Crippen LogP contribution in [0, 0.1) is 10.1 Å². The van der Waals surface area contributed by atoms with Crippen molar-refractivity contribution in [2.75, 3.05) is 26.7 Å². The molecule has 2 rings (SSSR count). The minimum atomic E-state index is -0.591. The summed E-state index contributed by atoms with van der Waals surface area (Å²) in [5, 5.41) is 14.2. The third-order valence-corrected chi connectivity index (χ3v) is 3.66. The summed E-state index contributed by atoms with van der Waals surface area (Å²) in [5.41, 5.74) is 0.0656. The number of nitrogens with one attached hydrogen (secondary N) is 1. The molecule has 1 aromatic carbocycles. The van der Waals surface area contributed by atoms with Crippen molar-refractivity contribution in [2.24, 2.45) is 0 Å². The van der Waals surface area contributed by atoms with Crippen LogP contribution in [-0.2, 0) is 4.74 Å². The third kappa shape index (κ3) is 4.14. The van der Waals surface area contributed by atoms with Crippen molar-refractivity contribution >= 4 is 11.8 Å². The molecule has 1 amide bonds. The Morgan fingerprint density at radius 1 is 1.42 bits per heavy atom. The average Bonchev–Trinajstić information content (AvgIpc) is 2.52. The Labute approximate surface area is 140 Å². The Morgan fingerprint density at radius 3 is 2.71 bits per heavy atom. The number of hydrogen-bond acceptors (Lipinski definition) is 6. The van der Waals surface area contributed by atoms with Gasteiger partial charge in [-0.25, -0.2) is 4.79 Å². The van der Waals surface area contributed by atoms with Gasteiger partial charge in [0.05, 0.1) is 24.1 Å². The number of piperazine rings is 1. The van der Waals surface area contributed by atoms with E-state index in [4.69, 9.17) is 9.47 Å². The van der Waals surface area contributed by atoms with Crippen LogP contribution in [0.5, 0.6) is 5.75 Å². The van der Waals surface area contributed by atoms with Gasteiger partial charge in [0, 0.05) is 31.3 Å². The zero-order valence-electron chi connectivity index (χ0n) is 14.4. The number of nitro groups is 1. The fourth-order valence-electron chi connectivity index (χ4n) is 2.61. The summed E-state index contributed by atoms with van der Waals surface area (Å²) in [7, 11) is 1.45. The first-order valence-corrected chi connectivity index (χ1v) is 7.75. The van der Waals surface area contributed by atoms with E-state index in [1.165, 1.54) is 19.2 Å². The van der Waals surface area contributed by atoms with E-state index in [0.29, 0.717) is 30.9 Å². The zero-order chi connectivity index (χ0) is 17.9. The molecule has 1 aliphatic heterocycles. The highest BCUT2D eigenvalue weighted by atomic mass is 16.6. The maximum absolute atomic E-state index is 12.5. The first kappa shape index (κ1) is 18.0. The second-order valence-electron chi connectivity index (χ2n) is 6.58. The van der Waals surface area contributed by atoms with Gasteiger partial charge in [-0.3, -0.25) is 15.0 Å². The van der Waals surface area contributed by atoms with Crippen LogP contribution in [0.2, 0.25) is 0 Å². The average molecular weight is 337 g/mol. The molecule has 24 heavy (non-hydrogen) atoms. The molecule has 0 radical (unpaired) electrons. The summed E-state index contributed by atoms with van der Waals surface area (Å²) in [6, 6.07) is 4.10. The molecule has 1 unspecified atom stereocenters. The minimum Gasteiger partial charge on any atom is -0.496 e. The number of non-ortho nitro benzene ring substituents is 1. The van der Waals surface area contributed by atoms with Gasteiger partial charge in [-0.15, -0.1) is 0 Å². The number of hydrogen-bond donors (Lipinski definition) is 1. The lowest BCUT2D eigenvalue weighted by Gasteiger charge is -2.37. The predicted octanol–water partition coefficient (Wildman–Crippen LogP) is 2.48. The Balaban J connectivity index is 2.33. The van der Waals surface area contributed by atoms with Gasteiger partial charge in [-0.1, -0.05) is 0 Å². The van der Waals surface area contributed by atoms with Gasteiger partial charge in [0.15, 0.2) is 0 Å². The maximum atomic E-state index is 12.5. The summed E-state index contributed by atoms with van der Waals surface area (Å²) < 4.78 is 10.8. The highest BCUT2D eigenvalue weighted by molar-refractivity contribution is 5.69. The van der Waals surface area contributed by atoms with Crippen LogP contribution in [0.3, 0.4) is 0 Å². The van der Waals surface area contributed by atoms with E-state index in [1.807, 2.05) is 20.8 Å². The lowest BCUT2D eigenvalue weighted by molar-refractivity contribution is -0.384. The van der Waals surface area contributed by atoms with Crippen LogP contribution in [0.4, 0.5) is 10.5 Å². The van der Waals surface area contributed by atoms with Gasteiger partial charge in [0.1, 0.15) is 11.4 Å². The number of carbonyl (C=O) groups excluding carboxylic acids is 1. The topological polar surface area (TPSA) is 93.9 Å². The first-order chi connectivity index (χ1) is 11.2. The highest BCUT2D eigenvalue weighted by Gasteiger charge is 2.33. The largest absolute Gasteiger partial charge is 0.496 e. The molecule has 8 heteroatoms. The van der Waals surface area contributed by atoms with Gasteiger partial charge < -0.3 is 14.8 Å². The van der Waals surface area contributed by atoms with Gasteiger partial charge in [0.2, 0.25) is 0 Å². The summed E-state index contributed by atoms with van der Waals surface area (Å²) >= 11 is 0. The van der Waals surface area contributed by atoms with Gasteiger partial charge in [-0.2, -0.15) is 0 Å². The summed E-state index contributed by atoms with van der Waals surface area (Å²) in [6.45, 7) is 7.11. The lowest BCUT2D eigenvalue weighted by Crippen LogP contribution is -2.50. The number of rotatable bonds is 3. The Kier molecular flexibility index (Phi) is 5.28. The van der Waals surface area contributed by atoms with Crippen LogP contribution in [0.1, 0.15) is 32.4 Å². The number of ether oxygens (including phenoxy) is 2. The van der Waals surface area contributed by atoms with E-state index in [0.717, 1.165) is 0 Å². The molecule has 1 aliphatic rings. The second kappa shape index (κ2) is 7.04. The van der Waals surface area contributed by atoms with E-state index in [1.54, 1.807) is 11.0 Å². The number of amides is 1. The van der Waals surface area contributed by atoms with Gasteiger partial charge >= 0.3 is 6.09 Å². The van der Waals surface area contributed by atoms with Crippen LogP contribution < -0.4 is 10.1 Å². The summed E-state index contributed by atoms with van der Waals surface area (Å²) in [5.74, 6) is 0.381. The number of nitrogens with zero attached hydrogens (tertiary/aromatic N) is 2. The Morgan fingerprint density at radius 2 is 2.12 bits per heavy atom. The van der Waals surface area contributed by atoms with E-state index in [9.17, 15) is 14.9 Å². The van der Waals surface area contributed by atoms with E-state index >= 15 is 0 Å². The van der Waals surface area contributed by atoms with Crippen molar-refractivity contribution in [2.45, 2.75) is 32.4 Å². The fraction of sp³-hybridized carbons (Fsp3) is 0.562. The van der Waals surface area contributed by atoms with Gasteiger partial charge in [-0.05, 0) is 26.8 Å². The Hall–Kier alpha value is -2.35. The van der Waals surface area contributed by atoms with Crippen molar-refractivity contribution < 1.29 is 19.2 Å². The molecule has 0 spiro atoms. The van der Waals surface area contributed by atoms with Crippen LogP contribution in [-0.4, -0.2) is 48.3 Å². The maximum Gasteiger partial charge on any atom is 0.410 e. The monoisotopic (exact) mass is 337 g/mol. The molecule has 1 fully saturated rings. The van der Waals surface area contributed by atoms with Crippen LogP contribution in [0.15, 0.2) is 18.2 Å². The van der Waals surface area contributed by atoms with Crippen molar-refractivity contribution in [1.82, 2.24) is 10.2 Å². The van der Waals surface area contributed by atoms with Crippen molar-refractivity contribution in [3.63, 3.8) is 0 Å². The quantitative estimate of drug-likeness (QED) is 0.673. The first-order valence-electron chi connectivity index (χ1n) is 7.75. The molecule has 0 aromatic heterocycles.